The molecule has 0 aromatic heterocycles. The molecule has 0 radical (unpaired) electrons. The van der Waals surface area contributed by atoms with Crippen LogP contribution in [0.2, 0.25) is 0 Å². The van der Waals surface area contributed by atoms with Crippen molar-refractivity contribution < 1.29 is 10.0 Å². The van der Waals surface area contributed by atoms with E-state index >= 15 is 0 Å². The van der Waals surface area contributed by atoms with Gasteiger partial charge in [0.25, 0.3) is 5.69 Å². The minimum absolute atomic E-state index is 0.0755. The lowest BCUT2D eigenvalue weighted by atomic mass is 9.85. The molecular weight excluding hydrogens is 232 g/mol. The lowest BCUT2D eigenvalue weighted by molar-refractivity contribution is -0.385. The van der Waals surface area contributed by atoms with Crippen molar-refractivity contribution in [1.29, 1.82) is 0 Å². The van der Waals surface area contributed by atoms with E-state index in [0.29, 0.717) is 11.3 Å². The van der Waals surface area contributed by atoms with Crippen LogP contribution in [-0.2, 0) is 0 Å². The summed E-state index contributed by atoms with van der Waals surface area (Å²) in [6, 6.07) is 4.88. The first kappa shape index (κ1) is 14.4. The summed E-state index contributed by atoms with van der Waals surface area (Å²) in [6.07, 6.45) is 0. The molecule has 100 valence electrons. The molecule has 0 amide bonds. The van der Waals surface area contributed by atoms with Gasteiger partial charge in [-0.2, -0.15) is 0 Å². The smallest absolute Gasteiger partial charge is 0.274 e. The lowest BCUT2D eigenvalue weighted by Crippen LogP contribution is -2.51. The summed E-state index contributed by atoms with van der Waals surface area (Å²) in [4.78, 5) is 10.5. The molecule has 0 aliphatic heterocycles. The molecule has 5 heteroatoms. The van der Waals surface area contributed by atoms with E-state index in [0.717, 1.165) is 0 Å². The van der Waals surface area contributed by atoms with Crippen molar-refractivity contribution in [2.75, 3.05) is 5.32 Å². The van der Waals surface area contributed by atoms with Gasteiger partial charge in [-0.25, -0.2) is 0 Å². The summed E-state index contributed by atoms with van der Waals surface area (Å²) >= 11 is 0. The minimum atomic E-state index is -0.954. The van der Waals surface area contributed by atoms with E-state index in [2.05, 4.69) is 5.32 Å². The van der Waals surface area contributed by atoms with Crippen molar-refractivity contribution >= 4 is 11.4 Å². The van der Waals surface area contributed by atoms with Gasteiger partial charge >= 0.3 is 0 Å². The van der Waals surface area contributed by atoms with Gasteiger partial charge in [-0.1, -0.05) is 6.07 Å². The number of benzene rings is 1. The van der Waals surface area contributed by atoms with E-state index in [1.54, 1.807) is 32.9 Å². The van der Waals surface area contributed by atoms with Crippen LogP contribution in [-0.4, -0.2) is 21.2 Å². The third-order valence-corrected chi connectivity index (χ3v) is 3.48. The van der Waals surface area contributed by atoms with Crippen LogP contribution in [0.1, 0.15) is 33.3 Å². The second-order valence-electron chi connectivity index (χ2n) is 5.52. The molecule has 0 aliphatic rings. The summed E-state index contributed by atoms with van der Waals surface area (Å²) in [5.74, 6) is 0. The van der Waals surface area contributed by atoms with Crippen molar-refractivity contribution in [1.82, 2.24) is 0 Å². The third kappa shape index (κ3) is 2.79. The van der Waals surface area contributed by atoms with E-state index in [1.165, 1.54) is 6.07 Å². The zero-order valence-corrected chi connectivity index (χ0v) is 11.4. The Morgan fingerprint density at radius 1 is 1.28 bits per heavy atom. The van der Waals surface area contributed by atoms with Crippen molar-refractivity contribution in [3.63, 3.8) is 0 Å². The summed E-state index contributed by atoms with van der Waals surface area (Å²) in [6.45, 7) is 8.80. The molecule has 0 atom stereocenters. The SMILES string of the molecule is Cc1c(NC(C)(C)C(C)(C)O)cccc1[N+](=O)[O-]. The number of nitrogens with zero attached hydrogens (tertiary/aromatic N) is 1. The largest absolute Gasteiger partial charge is 0.388 e. The molecule has 1 rings (SSSR count). The number of nitrogens with one attached hydrogen (secondary N) is 1. The van der Waals surface area contributed by atoms with E-state index in [-0.39, 0.29) is 5.69 Å². The van der Waals surface area contributed by atoms with Gasteiger partial charge in [0.05, 0.1) is 16.1 Å². The monoisotopic (exact) mass is 252 g/mol. The van der Waals surface area contributed by atoms with Gasteiger partial charge < -0.3 is 10.4 Å². The zero-order valence-electron chi connectivity index (χ0n) is 11.4. The second kappa shape index (κ2) is 4.57. The summed E-state index contributed by atoms with van der Waals surface area (Å²) in [7, 11) is 0. The van der Waals surface area contributed by atoms with Crippen LogP contribution in [0.5, 0.6) is 0 Å². The summed E-state index contributed by atoms with van der Waals surface area (Å²) in [5, 5.41) is 24.1. The first-order valence-corrected chi connectivity index (χ1v) is 5.81. The van der Waals surface area contributed by atoms with E-state index in [1.807, 2.05) is 13.8 Å². The maximum Gasteiger partial charge on any atom is 0.274 e. The number of anilines is 1. The highest BCUT2D eigenvalue weighted by atomic mass is 16.6. The molecule has 5 nitrogen and oxygen atoms in total. The number of rotatable bonds is 4. The standard InChI is InChI=1S/C13H20N2O3/c1-9-10(7-6-8-11(9)15(17)18)14-12(2,3)13(4,5)16/h6-8,14,16H,1-5H3. The molecule has 2 N–H and O–H groups in total. The third-order valence-electron chi connectivity index (χ3n) is 3.48. The highest BCUT2D eigenvalue weighted by Crippen LogP contribution is 2.31. The highest BCUT2D eigenvalue weighted by molar-refractivity contribution is 5.61. The van der Waals surface area contributed by atoms with Gasteiger partial charge in [0.15, 0.2) is 0 Å². The van der Waals surface area contributed by atoms with Crippen LogP contribution >= 0.6 is 0 Å². The number of nitro groups is 1. The first-order chi connectivity index (χ1) is 8.06. The predicted molar refractivity (Wildman–Crippen MR) is 71.8 cm³/mol. The molecule has 0 heterocycles. The molecule has 18 heavy (non-hydrogen) atoms. The molecule has 1 aromatic rings. The Kier molecular flexibility index (Phi) is 3.67. The Labute approximate surface area is 107 Å². The quantitative estimate of drug-likeness (QED) is 0.638. The van der Waals surface area contributed by atoms with Crippen LogP contribution in [0, 0.1) is 17.0 Å². The number of hydrogen-bond donors (Lipinski definition) is 2. The fraction of sp³-hybridized carbons (Fsp3) is 0.538. The molecule has 0 spiro atoms. The van der Waals surface area contributed by atoms with Gasteiger partial charge in [0.1, 0.15) is 0 Å². The first-order valence-electron chi connectivity index (χ1n) is 5.81. The summed E-state index contributed by atoms with van der Waals surface area (Å²) in [5.41, 5.74) is -0.250. The maximum absolute atomic E-state index is 10.9. The number of aliphatic hydroxyl groups is 1. The van der Waals surface area contributed by atoms with Crippen molar-refractivity contribution in [3.8, 4) is 0 Å². The van der Waals surface area contributed by atoms with Crippen molar-refractivity contribution in [2.45, 2.75) is 45.8 Å². The molecule has 0 unspecified atom stereocenters. The van der Waals surface area contributed by atoms with Crippen molar-refractivity contribution in [2.24, 2.45) is 0 Å². The van der Waals surface area contributed by atoms with Crippen molar-refractivity contribution in [3.05, 3.63) is 33.9 Å². The van der Waals surface area contributed by atoms with Crippen LogP contribution in [0.25, 0.3) is 0 Å². The van der Waals surface area contributed by atoms with E-state index in [9.17, 15) is 15.2 Å². The lowest BCUT2D eigenvalue weighted by Gasteiger charge is -2.39. The molecule has 0 aliphatic carbocycles. The molecule has 0 saturated heterocycles. The number of hydrogen-bond acceptors (Lipinski definition) is 4. The fourth-order valence-electron chi connectivity index (χ4n) is 1.45. The highest BCUT2D eigenvalue weighted by Gasteiger charge is 2.35. The van der Waals surface area contributed by atoms with Gasteiger partial charge in [-0.3, -0.25) is 10.1 Å². The average Bonchev–Trinajstić information content (AvgIpc) is 2.18. The molecular formula is C13H20N2O3. The van der Waals surface area contributed by atoms with Gasteiger partial charge in [-0.05, 0) is 40.7 Å². The summed E-state index contributed by atoms with van der Waals surface area (Å²) < 4.78 is 0. The molecule has 0 fully saturated rings. The second-order valence-corrected chi connectivity index (χ2v) is 5.52. The van der Waals surface area contributed by atoms with Crippen LogP contribution < -0.4 is 5.32 Å². The average molecular weight is 252 g/mol. The Hall–Kier alpha value is -1.62. The van der Waals surface area contributed by atoms with E-state index < -0.39 is 16.1 Å². The fourth-order valence-corrected chi connectivity index (χ4v) is 1.45. The normalized spacial score (nSPS) is 12.3. The van der Waals surface area contributed by atoms with Gasteiger partial charge in [-0.15, -0.1) is 0 Å². The van der Waals surface area contributed by atoms with Crippen LogP contribution in [0.3, 0.4) is 0 Å². The zero-order chi connectivity index (χ0) is 14.1. The molecule has 0 saturated carbocycles. The Balaban J connectivity index is 3.14. The van der Waals surface area contributed by atoms with Gasteiger partial charge in [0.2, 0.25) is 0 Å². The molecule has 1 aromatic carbocycles. The maximum atomic E-state index is 10.9. The number of nitro benzene ring substituents is 1. The Morgan fingerprint density at radius 3 is 2.28 bits per heavy atom. The minimum Gasteiger partial charge on any atom is -0.388 e. The Bertz CT molecular complexity index is 462. The van der Waals surface area contributed by atoms with E-state index in [4.69, 9.17) is 0 Å². The topological polar surface area (TPSA) is 75.4 Å². The van der Waals surface area contributed by atoms with Crippen LogP contribution in [0.15, 0.2) is 18.2 Å². The van der Waals surface area contributed by atoms with Crippen LogP contribution in [0.4, 0.5) is 11.4 Å². The Morgan fingerprint density at radius 2 is 1.83 bits per heavy atom. The molecule has 0 bridgehead atoms. The predicted octanol–water partition coefficient (Wildman–Crippen LogP) is 2.86. The van der Waals surface area contributed by atoms with Gasteiger partial charge in [0, 0.05) is 17.3 Å².